The molecule has 0 unspecified atom stereocenters. The summed E-state index contributed by atoms with van der Waals surface area (Å²) in [6.45, 7) is 13.1. The quantitative estimate of drug-likeness (QED) is 0.607. The van der Waals surface area contributed by atoms with Gasteiger partial charge < -0.3 is 28.7 Å². The zero-order valence-electron chi connectivity index (χ0n) is 18.7. The van der Waals surface area contributed by atoms with E-state index in [1.165, 1.54) is 0 Å². The first-order chi connectivity index (χ1) is 14.4. The van der Waals surface area contributed by atoms with Crippen molar-refractivity contribution in [3.63, 3.8) is 0 Å². The Hall–Kier alpha value is -2.64. The summed E-state index contributed by atoms with van der Waals surface area (Å²) < 4.78 is 22.4. The molecule has 0 spiro atoms. The van der Waals surface area contributed by atoms with Crippen LogP contribution in [0.5, 0.6) is 17.2 Å². The second-order valence-corrected chi connectivity index (χ2v) is 7.35. The van der Waals surface area contributed by atoms with Gasteiger partial charge in [0.25, 0.3) is 5.91 Å². The number of rotatable bonds is 9. The maximum atomic E-state index is 13.1. The summed E-state index contributed by atoms with van der Waals surface area (Å²) in [6, 6.07) is 3.39. The molecule has 8 nitrogen and oxygen atoms in total. The SMILES string of the molecule is CCOc1cc(C(=O)N2CCN(C(=O)OCC(C)C)CC2)cc(OCC)c1OCC. The minimum Gasteiger partial charge on any atom is -0.490 e. The van der Waals surface area contributed by atoms with Crippen molar-refractivity contribution in [3.05, 3.63) is 17.7 Å². The first-order valence-electron chi connectivity index (χ1n) is 10.7. The Balaban J connectivity index is 2.12. The summed E-state index contributed by atoms with van der Waals surface area (Å²) in [4.78, 5) is 28.6. The zero-order valence-corrected chi connectivity index (χ0v) is 18.7. The second-order valence-electron chi connectivity index (χ2n) is 7.35. The van der Waals surface area contributed by atoms with Crippen LogP contribution in [-0.2, 0) is 4.74 Å². The van der Waals surface area contributed by atoms with E-state index in [1.807, 2.05) is 34.6 Å². The normalized spacial score (nSPS) is 13.9. The highest BCUT2D eigenvalue weighted by Crippen LogP contribution is 2.39. The lowest BCUT2D eigenvalue weighted by Gasteiger charge is -2.34. The summed E-state index contributed by atoms with van der Waals surface area (Å²) in [5, 5.41) is 0. The highest BCUT2D eigenvalue weighted by molar-refractivity contribution is 5.95. The Kier molecular flexibility index (Phi) is 9.08. The van der Waals surface area contributed by atoms with Gasteiger partial charge in [-0.15, -0.1) is 0 Å². The van der Waals surface area contributed by atoms with Crippen LogP contribution in [0.3, 0.4) is 0 Å². The molecule has 1 heterocycles. The molecule has 168 valence electrons. The van der Waals surface area contributed by atoms with Crippen LogP contribution >= 0.6 is 0 Å². The van der Waals surface area contributed by atoms with Gasteiger partial charge in [0.15, 0.2) is 11.5 Å². The van der Waals surface area contributed by atoms with E-state index in [0.717, 1.165) is 0 Å². The summed E-state index contributed by atoms with van der Waals surface area (Å²) in [6.07, 6.45) is -0.325. The van der Waals surface area contributed by atoms with Crippen LogP contribution in [0, 0.1) is 5.92 Å². The van der Waals surface area contributed by atoms with Crippen molar-refractivity contribution in [3.8, 4) is 17.2 Å². The van der Waals surface area contributed by atoms with Gasteiger partial charge >= 0.3 is 6.09 Å². The first-order valence-corrected chi connectivity index (χ1v) is 10.7. The van der Waals surface area contributed by atoms with Crippen LogP contribution in [-0.4, -0.2) is 74.4 Å². The largest absolute Gasteiger partial charge is 0.490 e. The number of ether oxygens (including phenoxy) is 4. The number of hydrogen-bond acceptors (Lipinski definition) is 6. The summed E-state index contributed by atoms with van der Waals surface area (Å²) in [5.41, 5.74) is 0.473. The number of amides is 2. The standard InChI is InChI=1S/C22H34N2O6/c1-6-27-18-13-17(14-19(28-7-2)20(18)29-8-3)21(25)23-9-11-24(12-10-23)22(26)30-15-16(4)5/h13-14,16H,6-12,15H2,1-5H3. The van der Waals surface area contributed by atoms with E-state index in [0.29, 0.717) is 75.4 Å². The fraction of sp³-hybridized carbons (Fsp3) is 0.636. The molecular weight excluding hydrogens is 388 g/mol. The molecule has 0 saturated carbocycles. The molecular formula is C22H34N2O6. The molecule has 2 amide bonds. The Labute approximate surface area is 179 Å². The smallest absolute Gasteiger partial charge is 0.409 e. The van der Waals surface area contributed by atoms with Gasteiger partial charge in [0.05, 0.1) is 26.4 Å². The fourth-order valence-electron chi connectivity index (χ4n) is 3.12. The van der Waals surface area contributed by atoms with Crippen molar-refractivity contribution < 1.29 is 28.5 Å². The topological polar surface area (TPSA) is 77.5 Å². The van der Waals surface area contributed by atoms with Gasteiger partial charge in [0, 0.05) is 31.7 Å². The maximum Gasteiger partial charge on any atom is 0.409 e. The Morgan fingerprint density at radius 1 is 0.867 bits per heavy atom. The lowest BCUT2D eigenvalue weighted by molar-refractivity contribution is 0.0534. The van der Waals surface area contributed by atoms with Gasteiger partial charge in [-0.3, -0.25) is 4.79 Å². The van der Waals surface area contributed by atoms with E-state index in [4.69, 9.17) is 18.9 Å². The predicted molar refractivity (Wildman–Crippen MR) is 114 cm³/mol. The minimum atomic E-state index is -0.325. The molecule has 1 saturated heterocycles. The van der Waals surface area contributed by atoms with Gasteiger partial charge in [0.1, 0.15) is 0 Å². The molecule has 1 aromatic rings. The monoisotopic (exact) mass is 422 g/mol. The number of nitrogens with zero attached hydrogens (tertiary/aromatic N) is 2. The highest BCUT2D eigenvalue weighted by atomic mass is 16.6. The number of benzene rings is 1. The van der Waals surface area contributed by atoms with Gasteiger partial charge in [0.2, 0.25) is 5.75 Å². The van der Waals surface area contributed by atoms with Crippen molar-refractivity contribution in [1.29, 1.82) is 0 Å². The van der Waals surface area contributed by atoms with E-state index in [-0.39, 0.29) is 17.9 Å². The lowest BCUT2D eigenvalue weighted by atomic mass is 10.1. The molecule has 2 rings (SSSR count). The lowest BCUT2D eigenvalue weighted by Crippen LogP contribution is -2.50. The summed E-state index contributed by atoms with van der Waals surface area (Å²) in [7, 11) is 0. The van der Waals surface area contributed by atoms with E-state index < -0.39 is 0 Å². The molecule has 1 fully saturated rings. The van der Waals surface area contributed by atoms with E-state index >= 15 is 0 Å². The van der Waals surface area contributed by atoms with Gasteiger partial charge in [-0.25, -0.2) is 4.79 Å². The van der Waals surface area contributed by atoms with Crippen molar-refractivity contribution in [2.45, 2.75) is 34.6 Å². The van der Waals surface area contributed by atoms with Gasteiger partial charge in [-0.1, -0.05) is 13.8 Å². The summed E-state index contributed by atoms with van der Waals surface area (Å²) in [5.74, 6) is 1.65. The second kappa shape index (κ2) is 11.5. The molecule has 0 bridgehead atoms. The van der Waals surface area contributed by atoms with Crippen LogP contribution < -0.4 is 14.2 Å². The van der Waals surface area contributed by atoms with Crippen LogP contribution in [0.1, 0.15) is 45.0 Å². The van der Waals surface area contributed by atoms with Crippen molar-refractivity contribution in [2.75, 3.05) is 52.6 Å². The predicted octanol–water partition coefficient (Wildman–Crippen LogP) is 3.43. The minimum absolute atomic E-state index is 0.129. The Bertz CT molecular complexity index is 687. The third-order valence-corrected chi connectivity index (χ3v) is 4.52. The average molecular weight is 423 g/mol. The maximum absolute atomic E-state index is 13.1. The molecule has 8 heteroatoms. The van der Waals surface area contributed by atoms with E-state index in [1.54, 1.807) is 21.9 Å². The molecule has 0 aromatic heterocycles. The van der Waals surface area contributed by atoms with Crippen LogP contribution in [0.25, 0.3) is 0 Å². The van der Waals surface area contributed by atoms with Gasteiger partial charge in [-0.2, -0.15) is 0 Å². The van der Waals surface area contributed by atoms with Crippen LogP contribution in [0.4, 0.5) is 4.79 Å². The van der Waals surface area contributed by atoms with Crippen molar-refractivity contribution in [1.82, 2.24) is 9.80 Å². The molecule has 0 radical (unpaired) electrons. The molecule has 1 aliphatic heterocycles. The highest BCUT2D eigenvalue weighted by Gasteiger charge is 2.27. The molecule has 1 aromatic carbocycles. The average Bonchev–Trinajstić information content (AvgIpc) is 2.74. The Morgan fingerprint density at radius 3 is 1.83 bits per heavy atom. The number of hydrogen-bond donors (Lipinski definition) is 0. The van der Waals surface area contributed by atoms with Gasteiger partial charge in [-0.05, 0) is 38.8 Å². The number of carbonyl (C=O) groups is 2. The molecule has 1 aliphatic rings. The summed E-state index contributed by atoms with van der Waals surface area (Å²) >= 11 is 0. The zero-order chi connectivity index (χ0) is 22.1. The molecule has 30 heavy (non-hydrogen) atoms. The molecule has 0 aliphatic carbocycles. The van der Waals surface area contributed by atoms with Crippen molar-refractivity contribution in [2.24, 2.45) is 5.92 Å². The van der Waals surface area contributed by atoms with Crippen molar-refractivity contribution >= 4 is 12.0 Å². The first kappa shape index (κ1) is 23.6. The van der Waals surface area contributed by atoms with Crippen LogP contribution in [0.2, 0.25) is 0 Å². The van der Waals surface area contributed by atoms with E-state index in [2.05, 4.69) is 0 Å². The number of carbonyl (C=O) groups excluding carboxylic acids is 2. The Morgan fingerprint density at radius 2 is 1.37 bits per heavy atom. The molecule has 0 N–H and O–H groups in total. The van der Waals surface area contributed by atoms with Crippen LogP contribution in [0.15, 0.2) is 12.1 Å². The van der Waals surface area contributed by atoms with E-state index in [9.17, 15) is 9.59 Å². The number of piperazine rings is 1. The third-order valence-electron chi connectivity index (χ3n) is 4.52. The third kappa shape index (κ3) is 6.18. The fourth-order valence-corrected chi connectivity index (χ4v) is 3.12. The molecule has 0 atom stereocenters.